The molecule has 2 aromatic heterocycles. The zero-order valence-corrected chi connectivity index (χ0v) is 30.2. The minimum absolute atomic E-state index is 0.00793. The highest BCUT2D eigenvalue weighted by atomic mass is 31.2. The molecule has 1 aliphatic heterocycles. The molecular weight excluding hydrogens is 701 g/mol. The second kappa shape index (κ2) is 17.6. The number of rotatable bonds is 16. The lowest BCUT2D eigenvalue weighted by molar-refractivity contribution is -0.173. The maximum atomic E-state index is 13.8. The third-order valence-electron chi connectivity index (χ3n) is 6.71. The molecule has 0 spiro atoms. The van der Waals surface area contributed by atoms with Crippen molar-refractivity contribution >= 4 is 43.4 Å². The van der Waals surface area contributed by atoms with Crippen LogP contribution in [0.15, 0.2) is 18.5 Å². The number of phosphoric ester groups is 1. The van der Waals surface area contributed by atoms with E-state index in [1.807, 2.05) is 6.07 Å². The van der Waals surface area contributed by atoms with E-state index in [4.69, 9.17) is 52.5 Å². The van der Waals surface area contributed by atoms with E-state index in [-0.39, 0.29) is 17.0 Å². The topological polar surface area (TPSA) is 258 Å². The molecule has 0 bridgehead atoms. The fourth-order valence-corrected chi connectivity index (χ4v) is 5.26. The quantitative estimate of drug-likeness (QED) is 0.111. The highest BCUT2D eigenvalue weighted by Gasteiger charge is 2.63. The van der Waals surface area contributed by atoms with E-state index >= 15 is 0 Å². The number of nitrogen functional groups attached to an aromatic ring is 1. The Labute approximate surface area is 293 Å². The number of fused-ring (bicyclic) bond motifs is 1. The molecule has 2 aromatic rings. The van der Waals surface area contributed by atoms with Crippen molar-refractivity contribution in [1.29, 1.82) is 5.26 Å². The van der Waals surface area contributed by atoms with Gasteiger partial charge in [-0.1, -0.05) is 27.7 Å². The number of hydrogen-bond acceptors (Lipinski definition) is 19. The number of esters is 2. The van der Waals surface area contributed by atoms with Gasteiger partial charge in [-0.15, -0.1) is 0 Å². The Hall–Kier alpha value is -4.54. The maximum absolute atomic E-state index is 13.8. The number of aromatic nitrogens is 3. The number of hydrogen-bond donors (Lipinski definition) is 1. The highest BCUT2D eigenvalue weighted by Crippen LogP contribution is 2.51. The van der Waals surface area contributed by atoms with Crippen molar-refractivity contribution in [3.8, 4) is 6.07 Å². The van der Waals surface area contributed by atoms with Crippen molar-refractivity contribution in [2.45, 2.75) is 91.5 Å². The molecule has 0 radical (unpaired) electrons. The Kier molecular flexibility index (Phi) is 14.1. The second-order valence-corrected chi connectivity index (χ2v) is 13.8. The average molecular weight is 744 g/mol. The number of nitriles is 1. The largest absolute Gasteiger partial charge is 0.510 e. The standard InChI is InChI=1S/C30H42N5O15P/c1-16(2)26(36)48-23-21(11-43-51(40,44-14-41-28(38)46-18(5)6)45-15-42-29(39)47-19(7)8)50-30(12-31,24(23)49-27(37)17(3)4)22-10-9-20-25(32)33-13-34-35(20)22/h9-10,13,16-19,21,23-24H,11,14-15H2,1-8H3,(H2,32,33,34)/t21-,23-,24-,30+/m1/s1. The second-order valence-electron chi connectivity index (χ2n) is 12.1. The number of ether oxygens (including phenoxy) is 7. The third kappa shape index (κ3) is 10.5. The zero-order valence-electron chi connectivity index (χ0n) is 29.3. The van der Waals surface area contributed by atoms with Crippen LogP contribution in [0.2, 0.25) is 0 Å². The molecule has 20 nitrogen and oxygen atoms in total. The summed E-state index contributed by atoms with van der Waals surface area (Å²) in [5, 5.41) is 14.9. The number of carbonyl (C=O) groups excluding carboxylic acids is 4. The van der Waals surface area contributed by atoms with Crippen molar-refractivity contribution in [3.63, 3.8) is 0 Å². The van der Waals surface area contributed by atoms with Gasteiger partial charge in [-0.2, -0.15) is 10.4 Å². The first-order valence-electron chi connectivity index (χ1n) is 15.7. The Bertz CT molecular complexity index is 1610. The third-order valence-corrected chi connectivity index (χ3v) is 8.01. The highest BCUT2D eigenvalue weighted by molar-refractivity contribution is 7.48. The Morgan fingerprint density at radius 1 is 0.922 bits per heavy atom. The van der Waals surface area contributed by atoms with E-state index < -0.39 is 100 Å². The van der Waals surface area contributed by atoms with Crippen molar-refractivity contribution in [1.82, 2.24) is 14.6 Å². The van der Waals surface area contributed by atoms with Gasteiger partial charge in [-0.3, -0.25) is 14.1 Å². The number of phosphoric acid groups is 1. The van der Waals surface area contributed by atoms with Gasteiger partial charge in [-0.25, -0.2) is 32.7 Å². The number of nitrogens with two attached hydrogens (primary N) is 1. The number of nitrogens with zero attached hydrogens (tertiary/aromatic N) is 4. The van der Waals surface area contributed by atoms with E-state index in [0.29, 0.717) is 0 Å². The van der Waals surface area contributed by atoms with Crippen LogP contribution < -0.4 is 5.73 Å². The van der Waals surface area contributed by atoms with Crippen LogP contribution in [-0.4, -0.2) is 89.6 Å². The molecule has 282 valence electrons. The van der Waals surface area contributed by atoms with Gasteiger partial charge in [0.05, 0.1) is 36.3 Å². The molecule has 3 heterocycles. The van der Waals surface area contributed by atoms with Crippen LogP contribution in [0, 0.1) is 23.2 Å². The van der Waals surface area contributed by atoms with Gasteiger partial charge in [0.2, 0.25) is 19.2 Å². The minimum Gasteiger partial charge on any atom is -0.455 e. The molecule has 21 heteroatoms. The lowest BCUT2D eigenvalue weighted by Crippen LogP contribution is -2.47. The molecule has 51 heavy (non-hydrogen) atoms. The molecule has 0 amide bonds. The van der Waals surface area contributed by atoms with Crippen LogP contribution in [0.3, 0.4) is 0 Å². The van der Waals surface area contributed by atoms with Crippen LogP contribution in [0.5, 0.6) is 0 Å². The smallest absolute Gasteiger partial charge is 0.455 e. The summed E-state index contributed by atoms with van der Waals surface area (Å²) in [6.07, 6.45) is -7.09. The van der Waals surface area contributed by atoms with Crippen LogP contribution in [0.4, 0.5) is 15.4 Å². The van der Waals surface area contributed by atoms with Crippen molar-refractivity contribution < 1.29 is 70.5 Å². The monoisotopic (exact) mass is 743 g/mol. The summed E-state index contributed by atoms with van der Waals surface area (Å²) in [6.45, 7) is 9.53. The van der Waals surface area contributed by atoms with Gasteiger partial charge >= 0.3 is 32.1 Å². The van der Waals surface area contributed by atoms with Gasteiger partial charge in [0.25, 0.3) is 0 Å². The molecule has 2 N–H and O–H groups in total. The Balaban J connectivity index is 2.02. The fourth-order valence-electron chi connectivity index (χ4n) is 4.34. The van der Waals surface area contributed by atoms with Crippen molar-refractivity contribution in [2.24, 2.45) is 11.8 Å². The zero-order chi connectivity index (χ0) is 38.1. The van der Waals surface area contributed by atoms with Crippen LogP contribution >= 0.6 is 7.82 Å². The predicted octanol–water partition coefficient (Wildman–Crippen LogP) is 3.76. The van der Waals surface area contributed by atoms with Crippen molar-refractivity contribution in [2.75, 3.05) is 25.9 Å². The molecule has 4 atom stereocenters. The summed E-state index contributed by atoms with van der Waals surface area (Å²) in [7, 11) is -4.87. The predicted molar refractivity (Wildman–Crippen MR) is 170 cm³/mol. The molecule has 3 rings (SSSR count). The van der Waals surface area contributed by atoms with Gasteiger partial charge in [0, 0.05) is 0 Å². The molecule has 1 saturated heterocycles. The summed E-state index contributed by atoms with van der Waals surface area (Å²) in [5.41, 5.74) is 4.05. The maximum Gasteiger partial charge on any atom is 0.510 e. The minimum atomic E-state index is -4.87. The summed E-state index contributed by atoms with van der Waals surface area (Å²) < 4.78 is 67.7. The lowest BCUT2D eigenvalue weighted by Gasteiger charge is -2.29. The number of carbonyl (C=O) groups is 4. The van der Waals surface area contributed by atoms with Crippen LogP contribution in [0.25, 0.3) is 5.52 Å². The Morgan fingerprint density at radius 3 is 1.98 bits per heavy atom. The summed E-state index contributed by atoms with van der Waals surface area (Å²) in [6, 6.07) is 4.96. The first-order chi connectivity index (χ1) is 23.9. The summed E-state index contributed by atoms with van der Waals surface area (Å²) in [5.74, 6) is -2.90. The first kappa shape index (κ1) is 40.9. The van der Waals surface area contributed by atoms with Gasteiger partial charge in [0.15, 0.2) is 18.0 Å². The molecule has 0 aromatic carbocycles. The van der Waals surface area contributed by atoms with E-state index in [1.165, 1.54) is 16.6 Å². The van der Waals surface area contributed by atoms with E-state index in [0.717, 1.165) is 6.33 Å². The summed E-state index contributed by atoms with van der Waals surface area (Å²) in [4.78, 5) is 53.8. The van der Waals surface area contributed by atoms with Gasteiger partial charge in [0.1, 0.15) is 24.0 Å². The summed E-state index contributed by atoms with van der Waals surface area (Å²) >= 11 is 0. The normalized spacial score (nSPS) is 20.4. The van der Waals surface area contributed by atoms with E-state index in [9.17, 15) is 29.0 Å². The van der Waals surface area contributed by atoms with Gasteiger partial charge < -0.3 is 38.9 Å². The first-order valence-corrected chi connectivity index (χ1v) is 17.2. The van der Waals surface area contributed by atoms with E-state index in [2.05, 4.69) is 10.1 Å². The average Bonchev–Trinajstić information content (AvgIpc) is 3.60. The van der Waals surface area contributed by atoms with E-state index in [1.54, 1.807) is 55.4 Å². The number of anilines is 1. The molecule has 1 aliphatic rings. The SMILES string of the molecule is CC(C)OC(=O)OCOP(=O)(OCOC(=O)OC(C)C)OC[C@H]1O[C@@](C#N)(c2ccc3c(N)ncnn23)[C@H](OC(=O)C(C)C)[C@@H]1OC(=O)C(C)C. The van der Waals surface area contributed by atoms with Crippen molar-refractivity contribution in [3.05, 3.63) is 24.2 Å². The Morgan fingerprint density at radius 2 is 1.47 bits per heavy atom. The molecule has 0 saturated carbocycles. The molecular formula is C30H42N5O15P. The van der Waals surface area contributed by atoms with Crippen LogP contribution in [-0.2, 0) is 66.5 Å². The molecule has 0 aliphatic carbocycles. The lowest BCUT2D eigenvalue weighted by atomic mass is 9.92. The van der Waals surface area contributed by atoms with Crippen LogP contribution in [0.1, 0.15) is 61.1 Å². The molecule has 0 unspecified atom stereocenters. The fraction of sp³-hybridized carbons (Fsp3) is 0.633. The van der Waals surface area contributed by atoms with Gasteiger partial charge in [-0.05, 0) is 39.8 Å². The molecule has 1 fully saturated rings.